The highest BCUT2D eigenvalue weighted by Crippen LogP contribution is 2.25. The number of benzene rings is 1. The van der Waals surface area contributed by atoms with Crippen molar-refractivity contribution in [2.24, 2.45) is 0 Å². The molecule has 0 bridgehead atoms. The molecular formula is C13H14N2O4S. The molecule has 1 aliphatic rings. The van der Waals surface area contributed by atoms with Crippen LogP contribution in [0.3, 0.4) is 0 Å². The average Bonchev–Trinajstić information content (AvgIpc) is 2.70. The molecule has 7 heteroatoms. The Morgan fingerprint density at radius 1 is 1.45 bits per heavy atom. The quantitative estimate of drug-likeness (QED) is 0.827. The molecule has 0 saturated carbocycles. The van der Waals surface area contributed by atoms with Gasteiger partial charge in [-0.3, -0.25) is 9.59 Å². The third-order valence-corrected chi connectivity index (χ3v) is 4.52. The summed E-state index contributed by atoms with van der Waals surface area (Å²) in [6, 6.07) is 5.97. The van der Waals surface area contributed by atoms with Crippen molar-refractivity contribution in [3.8, 4) is 0 Å². The Bertz CT molecular complexity index is 667. The van der Waals surface area contributed by atoms with Crippen LogP contribution in [0.25, 0.3) is 0 Å². The van der Waals surface area contributed by atoms with Gasteiger partial charge in [0.2, 0.25) is 15.9 Å². The van der Waals surface area contributed by atoms with Gasteiger partial charge in [0.1, 0.15) is 0 Å². The van der Waals surface area contributed by atoms with Crippen molar-refractivity contribution < 1.29 is 18.0 Å². The van der Waals surface area contributed by atoms with Gasteiger partial charge in [0.15, 0.2) is 0 Å². The SMILES string of the molecule is C=CCNC(=O)c1cccc(N2C(=O)CCS2(=O)=O)c1. The zero-order chi connectivity index (χ0) is 14.8. The summed E-state index contributed by atoms with van der Waals surface area (Å²) >= 11 is 0. The van der Waals surface area contributed by atoms with Crippen molar-refractivity contribution in [1.82, 2.24) is 5.32 Å². The summed E-state index contributed by atoms with van der Waals surface area (Å²) in [5, 5.41) is 2.59. The summed E-state index contributed by atoms with van der Waals surface area (Å²) in [4.78, 5) is 23.5. The van der Waals surface area contributed by atoms with Crippen LogP contribution in [0.1, 0.15) is 16.8 Å². The minimum atomic E-state index is -3.61. The number of carbonyl (C=O) groups excluding carboxylic acids is 2. The largest absolute Gasteiger partial charge is 0.349 e. The van der Waals surface area contributed by atoms with E-state index >= 15 is 0 Å². The first-order valence-corrected chi connectivity index (χ1v) is 7.61. The van der Waals surface area contributed by atoms with Gasteiger partial charge in [-0.1, -0.05) is 12.1 Å². The summed E-state index contributed by atoms with van der Waals surface area (Å²) in [6.45, 7) is 3.80. The number of anilines is 1. The molecule has 1 fully saturated rings. The fourth-order valence-electron chi connectivity index (χ4n) is 1.91. The van der Waals surface area contributed by atoms with Gasteiger partial charge in [0.05, 0.1) is 11.4 Å². The average molecular weight is 294 g/mol. The fraction of sp³-hybridized carbons (Fsp3) is 0.231. The highest BCUT2D eigenvalue weighted by molar-refractivity contribution is 7.94. The van der Waals surface area contributed by atoms with Gasteiger partial charge in [-0.25, -0.2) is 12.7 Å². The molecule has 0 aromatic heterocycles. The van der Waals surface area contributed by atoms with Crippen molar-refractivity contribution in [2.75, 3.05) is 16.6 Å². The van der Waals surface area contributed by atoms with Crippen LogP contribution in [0, 0.1) is 0 Å². The first-order chi connectivity index (χ1) is 9.45. The molecule has 0 atom stereocenters. The minimum absolute atomic E-state index is 0.0325. The molecule has 0 aliphatic carbocycles. The lowest BCUT2D eigenvalue weighted by molar-refractivity contribution is -0.116. The van der Waals surface area contributed by atoms with Gasteiger partial charge >= 0.3 is 0 Å². The minimum Gasteiger partial charge on any atom is -0.349 e. The van der Waals surface area contributed by atoms with Crippen LogP contribution in [0.15, 0.2) is 36.9 Å². The Kier molecular flexibility index (Phi) is 3.89. The Labute approximate surface area is 117 Å². The Morgan fingerprint density at radius 3 is 2.80 bits per heavy atom. The molecule has 1 aromatic carbocycles. The van der Waals surface area contributed by atoms with Crippen LogP contribution in [0.4, 0.5) is 5.69 Å². The molecule has 0 radical (unpaired) electrons. The maximum Gasteiger partial charge on any atom is 0.251 e. The molecule has 1 N–H and O–H groups in total. The Balaban J connectivity index is 2.33. The molecular weight excluding hydrogens is 280 g/mol. The third kappa shape index (κ3) is 2.72. The smallest absolute Gasteiger partial charge is 0.251 e. The predicted molar refractivity (Wildman–Crippen MR) is 74.9 cm³/mol. The van der Waals surface area contributed by atoms with Crippen molar-refractivity contribution in [1.29, 1.82) is 0 Å². The van der Waals surface area contributed by atoms with Gasteiger partial charge in [-0.05, 0) is 18.2 Å². The second kappa shape index (κ2) is 5.46. The van der Waals surface area contributed by atoms with E-state index in [4.69, 9.17) is 0 Å². The van der Waals surface area contributed by atoms with Crippen LogP contribution in [-0.4, -0.2) is 32.5 Å². The van der Waals surface area contributed by atoms with E-state index in [-0.39, 0.29) is 23.8 Å². The molecule has 0 unspecified atom stereocenters. The highest BCUT2D eigenvalue weighted by atomic mass is 32.2. The topological polar surface area (TPSA) is 83.6 Å². The van der Waals surface area contributed by atoms with E-state index < -0.39 is 15.9 Å². The summed E-state index contributed by atoms with van der Waals surface area (Å²) in [5.41, 5.74) is 0.484. The van der Waals surface area contributed by atoms with E-state index in [1.807, 2.05) is 0 Å². The van der Waals surface area contributed by atoms with Gasteiger partial charge in [-0.15, -0.1) is 6.58 Å². The van der Waals surface area contributed by atoms with E-state index in [1.54, 1.807) is 12.1 Å². The normalized spacial score (nSPS) is 17.0. The number of sulfonamides is 1. The molecule has 0 spiro atoms. The monoisotopic (exact) mass is 294 g/mol. The molecule has 1 aliphatic heterocycles. The van der Waals surface area contributed by atoms with Crippen LogP contribution in [0.2, 0.25) is 0 Å². The maximum absolute atomic E-state index is 11.8. The van der Waals surface area contributed by atoms with Gasteiger partial charge in [0, 0.05) is 18.5 Å². The Hall–Kier alpha value is -2.15. The van der Waals surface area contributed by atoms with Crippen molar-refractivity contribution in [3.63, 3.8) is 0 Å². The maximum atomic E-state index is 11.8. The molecule has 1 saturated heterocycles. The lowest BCUT2D eigenvalue weighted by Crippen LogP contribution is -2.30. The zero-order valence-corrected chi connectivity index (χ0v) is 11.5. The van der Waals surface area contributed by atoms with Crippen LogP contribution in [-0.2, 0) is 14.8 Å². The second-order valence-corrected chi connectivity index (χ2v) is 6.21. The van der Waals surface area contributed by atoms with Gasteiger partial charge in [0.25, 0.3) is 5.91 Å². The zero-order valence-electron chi connectivity index (χ0n) is 10.7. The number of nitrogens with one attached hydrogen (secondary N) is 1. The van der Waals surface area contributed by atoms with E-state index in [9.17, 15) is 18.0 Å². The van der Waals surface area contributed by atoms with Crippen LogP contribution >= 0.6 is 0 Å². The number of carbonyl (C=O) groups is 2. The molecule has 1 aromatic rings. The summed E-state index contributed by atoms with van der Waals surface area (Å²) in [7, 11) is -3.61. The molecule has 1 heterocycles. The van der Waals surface area contributed by atoms with E-state index in [1.165, 1.54) is 18.2 Å². The lowest BCUT2D eigenvalue weighted by Gasteiger charge is -2.15. The van der Waals surface area contributed by atoms with Crippen LogP contribution in [0.5, 0.6) is 0 Å². The number of nitrogens with zero attached hydrogens (tertiary/aromatic N) is 1. The third-order valence-electron chi connectivity index (χ3n) is 2.83. The highest BCUT2D eigenvalue weighted by Gasteiger charge is 2.36. The summed E-state index contributed by atoms with van der Waals surface area (Å²) < 4.78 is 24.4. The first-order valence-electron chi connectivity index (χ1n) is 6.01. The second-order valence-electron chi connectivity index (χ2n) is 4.27. The summed E-state index contributed by atoms with van der Waals surface area (Å²) in [5.74, 6) is -1.02. The number of amides is 2. The standard InChI is InChI=1S/C13H14N2O4S/c1-2-7-14-13(17)10-4-3-5-11(9-10)15-12(16)6-8-20(15,18)19/h2-5,9H,1,6-8H2,(H,14,17). The Morgan fingerprint density at radius 2 is 2.20 bits per heavy atom. The molecule has 106 valence electrons. The number of hydrogen-bond acceptors (Lipinski definition) is 4. The molecule has 2 amide bonds. The van der Waals surface area contributed by atoms with Crippen molar-refractivity contribution in [2.45, 2.75) is 6.42 Å². The predicted octanol–water partition coefficient (Wildman–Crippen LogP) is 0.669. The number of rotatable bonds is 4. The number of hydrogen-bond donors (Lipinski definition) is 1. The van der Waals surface area contributed by atoms with E-state index in [0.29, 0.717) is 12.1 Å². The summed E-state index contributed by atoms with van der Waals surface area (Å²) in [6.07, 6.45) is 1.51. The molecule has 20 heavy (non-hydrogen) atoms. The van der Waals surface area contributed by atoms with Gasteiger partial charge in [-0.2, -0.15) is 0 Å². The lowest BCUT2D eigenvalue weighted by atomic mass is 10.2. The van der Waals surface area contributed by atoms with Crippen molar-refractivity contribution in [3.05, 3.63) is 42.5 Å². The van der Waals surface area contributed by atoms with E-state index in [0.717, 1.165) is 4.31 Å². The van der Waals surface area contributed by atoms with Crippen LogP contribution < -0.4 is 9.62 Å². The first kappa shape index (κ1) is 14.3. The molecule has 2 rings (SSSR count). The van der Waals surface area contributed by atoms with Crippen molar-refractivity contribution >= 4 is 27.5 Å². The van der Waals surface area contributed by atoms with E-state index in [2.05, 4.69) is 11.9 Å². The van der Waals surface area contributed by atoms with Gasteiger partial charge < -0.3 is 5.32 Å². The molecule has 6 nitrogen and oxygen atoms in total. The fourth-order valence-corrected chi connectivity index (χ4v) is 3.36.